The van der Waals surface area contributed by atoms with Crippen molar-refractivity contribution in [1.29, 1.82) is 0 Å². The van der Waals surface area contributed by atoms with E-state index in [2.05, 4.69) is 71.8 Å². The zero-order valence-corrected chi connectivity index (χ0v) is 13.0. The molecule has 0 saturated carbocycles. The maximum Gasteiger partial charge on any atom is 0.191 e. The normalized spacial score (nSPS) is 11.7. The quantitative estimate of drug-likeness (QED) is 0.564. The molecule has 0 saturated heterocycles. The molecule has 1 aromatic carbocycles. The van der Waals surface area contributed by atoms with Gasteiger partial charge in [0.2, 0.25) is 0 Å². The first kappa shape index (κ1) is 16.5. The summed E-state index contributed by atoms with van der Waals surface area (Å²) in [6.45, 7) is 8.87. The van der Waals surface area contributed by atoms with Crippen LogP contribution in [0, 0.1) is 0 Å². The molecule has 0 atom stereocenters. The van der Waals surface area contributed by atoms with E-state index >= 15 is 0 Å². The zero-order valence-electron chi connectivity index (χ0n) is 13.0. The number of nitrogens with one attached hydrogen (secondary N) is 2. The summed E-state index contributed by atoms with van der Waals surface area (Å²) in [5, 5.41) is 6.63. The minimum absolute atomic E-state index is 0.870. The Morgan fingerprint density at radius 3 is 2.55 bits per heavy atom. The third-order valence-corrected chi connectivity index (χ3v) is 2.92. The molecule has 0 unspecified atom stereocenters. The van der Waals surface area contributed by atoms with Crippen molar-refractivity contribution in [2.45, 2.75) is 26.8 Å². The molecule has 4 nitrogen and oxygen atoms in total. The molecule has 0 aliphatic rings. The second-order valence-electron chi connectivity index (χ2n) is 4.91. The average molecular weight is 276 g/mol. The Kier molecular flexibility index (Phi) is 8.47. The van der Waals surface area contributed by atoms with E-state index in [0.717, 1.165) is 45.1 Å². The van der Waals surface area contributed by atoms with E-state index in [-0.39, 0.29) is 0 Å². The van der Waals surface area contributed by atoms with E-state index in [1.165, 1.54) is 5.56 Å². The van der Waals surface area contributed by atoms with Crippen LogP contribution in [0.4, 0.5) is 0 Å². The van der Waals surface area contributed by atoms with Gasteiger partial charge in [0.1, 0.15) is 0 Å². The number of likely N-dealkylation sites (N-methyl/N-ethyl adjacent to an activating group) is 1. The second kappa shape index (κ2) is 10.3. The Bertz CT molecular complexity index is 375. The molecule has 0 heterocycles. The molecule has 0 aliphatic heterocycles. The van der Waals surface area contributed by atoms with Crippen molar-refractivity contribution in [3.63, 3.8) is 0 Å². The summed E-state index contributed by atoms with van der Waals surface area (Å²) in [4.78, 5) is 6.80. The van der Waals surface area contributed by atoms with Crippen LogP contribution in [0.15, 0.2) is 35.3 Å². The Labute approximate surface area is 123 Å². The monoisotopic (exact) mass is 276 g/mol. The van der Waals surface area contributed by atoms with Gasteiger partial charge in [0, 0.05) is 32.7 Å². The minimum Gasteiger partial charge on any atom is -0.357 e. The van der Waals surface area contributed by atoms with Crippen LogP contribution < -0.4 is 10.6 Å². The first-order valence-corrected chi connectivity index (χ1v) is 7.51. The van der Waals surface area contributed by atoms with Crippen LogP contribution >= 0.6 is 0 Å². The van der Waals surface area contributed by atoms with Crippen molar-refractivity contribution in [3.05, 3.63) is 35.9 Å². The average Bonchev–Trinajstić information content (AvgIpc) is 2.45. The van der Waals surface area contributed by atoms with Crippen LogP contribution in [0.2, 0.25) is 0 Å². The summed E-state index contributed by atoms with van der Waals surface area (Å²) < 4.78 is 0. The van der Waals surface area contributed by atoms with Crippen LogP contribution in [0.5, 0.6) is 0 Å². The van der Waals surface area contributed by atoms with Gasteiger partial charge in [-0.25, -0.2) is 0 Å². The van der Waals surface area contributed by atoms with Gasteiger partial charge in [-0.2, -0.15) is 0 Å². The summed E-state index contributed by atoms with van der Waals surface area (Å²) in [6, 6.07) is 10.6. The number of guanidine groups is 1. The topological polar surface area (TPSA) is 39.7 Å². The van der Waals surface area contributed by atoms with Crippen molar-refractivity contribution in [3.8, 4) is 0 Å². The maximum absolute atomic E-state index is 4.49. The highest BCUT2D eigenvalue weighted by atomic mass is 15.2. The highest BCUT2D eigenvalue weighted by Crippen LogP contribution is 2.01. The Morgan fingerprint density at radius 2 is 1.90 bits per heavy atom. The number of rotatable bonds is 8. The van der Waals surface area contributed by atoms with Crippen LogP contribution in [0.1, 0.15) is 25.8 Å². The number of nitrogens with zero attached hydrogens (tertiary/aromatic N) is 2. The number of hydrogen-bond acceptors (Lipinski definition) is 2. The summed E-state index contributed by atoms with van der Waals surface area (Å²) in [5.41, 5.74) is 1.35. The molecule has 0 spiro atoms. The molecule has 112 valence electrons. The van der Waals surface area contributed by atoms with Gasteiger partial charge >= 0.3 is 0 Å². The standard InChI is InChI=1S/C16H28N4/c1-4-11-18-16(17-5-2)19-12-13-20(3)14-15-9-7-6-8-10-15/h6-10H,4-5,11-14H2,1-3H3,(H2,17,18,19). The van der Waals surface area contributed by atoms with E-state index in [1.54, 1.807) is 0 Å². The molecule has 0 aliphatic carbocycles. The van der Waals surface area contributed by atoms with Crippen molar-refractivity contribution in [1.82, 2.24) is 15.5 Å². The van der Waals surface area contributed by atoms with Gasteiger partial charge in [0.15, 0.2) is 5.96 Å². The molecule has 0 fully saturated rings. The lowest BCUT2D eigenvalue weighted by Gasteiger charge is -2.18. The molecule has 1 aromatic rings. The smallest absolute Gasteiger partial charge is 0.191 e. The first-order valence-electron chi connectivity index (χ1n) is 7.51. The molecule has 4 heteroatoms. The Balaban J connectivity index is 2.27. The second-order valence-corrected chi connectivity index (χ2v) is 4.91. The third kappa shape index (κ3) is 7.14. The van der Waals surface area contributed by atoms with E-state index in [0.29, 0.717) is 0 Å². The van der Waals surface area contributed by atoms with Gasteiger partial charge in [-0.3, -0.25) is 4.99 Å². The van der Waals surface area contributed by atoms with Crippen LogP contribution in [0.3, 0.4) is 0 Å². The van der Waals surface area contributed by atoms with Gasteiger partial charge in [0.25, 0.3) is 0 Å². The predicted octanol–water partition coefficient (Wildman–Crippen LogP) is 2.08. The van der Waals surface area contributed by atoms with Crippen molar-refractivity contribution in [2.75, 3.05) is 33.2 Å². The van der Waals surface area contributed by atoms with E-state index < -0.39 is 0 Å². The van der Waals surface area contributed by atoms with Crippen LogP contribution in [-0.4, -0.2) is 44.1 Å². The first-order chi connectivity index (χ1) is 9.76. The predicted molar refractivity (Wildman–Crippen MR) is 87.0 cm³/mol. The highest BCUT2D eigenvalue weighted by molar-refractivity contribution is 5.79. The number of benzene rings is 1. The molecule has 0 radical (unpaired) electrons. The van der Waals surface area contributed by atoms with Crippen molar-refractivity contribution < 1.29 is 0 Å². The molecule has 20 heavy (non-hydrogen) atoms. The van der Waals surface area contributed by atoms with E-state index in [4.69, 9.17) is 0 Å². The van der Waals surface area contributed by atoms with Crippen LogP contribution in [0.25, 0.3) is 0 Å². The SMILES string of the molecule is CCCN=C(NCC)NCCN(C)Cc1ccccc1. The molecule has 1 rings (SSSR count). The van der Waals surface area contributed by atoms with Gasteiger partial charge in [-0.05, 0) is 26.0 Å². The minimum atomic E-state index is 0.870. The fraction of sp³-hybridized carbons (Fsp3) is 0.562. The van der Waals surface area contributed by atoms with Crippen LogP contribution in [-0.2, 0) is 6.54 Å². The lowest BCUT2D eigenvalue weighted by atomic mass is 10.2. The number of aliphatic imine (C=N–C) groups is 1. The summed E-state index contributed by atoms with van der Waals surface area (Å²) in [6.07, 6.45) is 1.07. The summed E-state index contributed by atoms with van der Waals surface area (Å²) >= 11 is 0. The molecular weight excluding hydrogens is 248 g/mol. The van der Waals surface area contributed by atoms with Gasteiger partial charge in [-0.1, -0.05) is 37.3 Å². The van der Waals surface area contributed by atoms with E-state index in [9.17, 15) is 0 Å². The highest BCUT2D eigenvalue weighted by Gasteiger charge is 2.01. The maximum atomic E-state index is 4.49. The fourth-order valence-corrected chi connectivity index (χ4v) is 1.90. The molecular formula is C16H28N4. The fourth-order valence-electron chi connectivity index (χ4n) is 1.90. The summed E-state index contributed by atoms with van der Waals surface area (Å²) in [5.74, 6) is 0.919. The lowest BCUT2D eigenvalue weighted by molar-refractivity contribution is 0.331. The van der Waals surface area contributed by atoms with E-state index in [1.807, 2.05) is 0 Å². The Morgan fingerprint density at radius 1 is 1.15 bits per heavy atom. The zero-order chi connectivity index (χ0) is 14.6. The molecule has 0 aromatic heterocycles. The third-order valence-electron chi connectivity index (χ3n) is 2.92. The molecule has 0 bridgehead atoms. The van der Waals surface area contributed by atoms with Gasteiger partial charge < -0.3 is 15.5 Å². The molecule has 2 N–H and O–H groups in total. The lowest BCUT2D eigenvalue weighted by Crippen LogP contribution is -2.40. The van der Waals surface area contributed by atoms with Gasteiger partial charge in [0.05, 0.1) is 0 Å². The number of hydrogen-bond donors (Lipinski definition) is 2. The van der Waals surface area contributed by atoms with Crippen molar-refractivity contribution >= 4 is 5.96 Å². The molecule has 0 amide bonds. The Hall–Kier alpha value is -1.55. The largest absolute Gasteiger partial charge is 0.357 e. The van der Waals surface area contributed by atoms with Gasteiger partial charge in [-0.15, -0.1) is 0 Å². The summed E-state index contributed by atoms with van der Waals surface area (Å²) in [7, 11) is 2.14. The van der Waals surface area contributed by atoms with Crippen molar-refractivity contribution in [2.24, 2.45) is 4.99 Å².